The molecule has 0 saturated carbocycles. The molecule has 0 radical (unpaired) electrons. The van der Waals surface area contributed by atoms with Crippen LogP contribution in [0.25, 0.3) is 11.1 Å². The van der Waals surface area contributed by atoms with Gasteiger partial charge in [0.25, 0.3) is 15.9 Å². The van der Waals surface area contributed by atoms with E-state index in [1.807, 2.05) is 0 Å². The molecule has 0 atom stereocenters. The molecule has 0 aliphatic carbocycles. The van der Waals surface area contributed by atoms with Gasteiger partial charge < -0.3 is 15.2 Å². The lowest BCUT2D eigenvalue weighted by Crippen LogP contribution is -2.25. The number of aliphatic carboxylic acids is 1. The van der Waals surface area contributed by atoms with Crippen molar-refractivity contribution in [2.45, 2.75) is 17.7 Å². The van der Waals surface area contributed by atoms with Gasteiger partial charge in [-0.3, -0.25) is 19.3 Å². The number of ether oxygens (including phenoxy) is 1. The highest BCUT2D eigenvalue weighted by molar-refractivity contribution is 7.93. The molecule has 3 N–H and O–H groups in total. The van der Waals surface area contributed by atoms with Crippen molar-refractivity contribution in [3.05, 3.63) is 76.5 Å². The number of pyridine rings is 1. The van der Waals surface area contributed by atoms with Crippen LogP contribution >= 0.6 is 34.7 Å². The quantitative estimate of drug-likeness (QED) is 0.189. The highest BCUT2D eigenvalue weighted by Crippen LogP contribution is 2.39. The Hall–Kier alpha value is -3.85. The molecule has 11 nitrogen and oxygen atoms in total. The number of anilines is 1. The van der Waals surface area contributed by atoms with Gasteiger partial charge in [-0.1, -0.05) is 23.2 Å². The number of aromatic nitrogens is 3. The molecule has 0 saturated heterocycles. The van der Waals surface area contributed by atoms with Gasteiger partial charge in [0.2, 0.25) is 5.13 Å². The fourth-order valence-electron chi connectivity index (χ4n) is 3.37. The minimum absolute atomic E-state index is 0.0488. The largest absolute Gasteiger partial charge is 0.481 e. The van der Waals surface area contributed by atoms with E-state index in [9.17, 15) is 22.4 Å². The monoisotopic (exact) mass is 625 g/mol. The molecule has 0 spiro atoms. The van der Waals surface area contributed by atoms with Crippen LogP contribution < -0.4 is 14.8 Å². The summed E-state index contributed by atoms with van der Waals surface area (Å²) >= 11 is 13.3. The van der Waals surface area contributed by atoms with E-state index in [2.05, 4.69) is 24.4 Å². The Labute approximate surface area is 241 Å². The zero-order valence-corrected chi connectivity index (χ0v) is 23.2. The topological polar surface area (TPSA) is 160 Å². The first-order chi connectivity index (χ1) is 19.0. The van der Waals surface area contributed by atoms with E-state index in [4.69, 9.17) is 33.0 Å². The van der Waals surface area contributed by atoms with Crippen molar-refractivity contribution >= 4 is 61.8 Å². The smallest absolute Gasteiger partial charge is 0.303 e. The summed E-state index contributed by atoms with van der Waals surface area (Å²) in [7, 11) is -4.36. The van der Waals surface area contributed by atoms with Gasteiger partial charge >= 0.3 is 5.97 Å². The van der Waals surface area contributed by atoms with Gasteiger partial charge in [-0.05, 0) is 48.4 Å². The van der Waals surface area contributed by atoms with Crippen LogP contribution in [0.15, 0.2) is 59.9 Å². The number of halogens is 3. The van der Waals surface area contributed by atoms with E-state index in [0.717, 1.165) is 30.0 Å². The van der Waals surface area contributed by atoms with Gasteiger partial charge in [-0.15, -0.1) is 0 Å². The molecule has 4 rings (SSSR count). The van der Waals surface area contributed by atoms with Crippen molar-refractivity contribution in [1.29, 1.82) is 0 Å². The Balaban J connectivity index is 1.60. The molecule has 4 aromatic rings. The Morgan fingerprint density at radius 3 is 2.60 bits per heavy atom. The fraction of sp³-hybridized carbons (Fsp3) is 0.125. The lowest BCUT2D eigenvalue weighted by molar-refractivity contribution is -0.137. The number of rotatable bonds is 11. The molecule has 2 heterocycles. The average Bonchev–Trinajstić information content (AvgIpc) is 3.41. The number of nitrogens with one attached hydrogen (secondary N) is 2. The summed E-state index contributed by atoms with van der Waals surface area (Å²) < 4.78 is 51.9. The third-order valence-corrected chi connectivity index (χ3v) is 7.77. The Morgan fingerprint density at radius 2 is 1.88 bits per heavy atom. The normalized spacial score (nSPS) is 11.2. The first-order valence-electron chi connectivity index (χ1n) is 11.3. The van der Waals surface area contributed by atoms with Crippen LogP contribution in [-0.2, 0) is 14.8 Å². The molecule has 2 aromatic carbocycles. The van der Waals surface area contributed by atoms with E-state index in [1.54, 1.807) is 12.1 Å². The molecule has 2 aromatic heterocycles. The Kier molecular flexibility index (Phi) is 9.14. The number of amides is 1. The third kappa shape index (κ3) is 7.21. The van der Waals surface area contributed by atoms with Crippen molar-refractivity contribution in [3.8, 4) is 22.6 Å². The van der Waals surface area contributed by atoms with Gasteiger partial charge in [0.15, 0.2) is 0 Å². The number of carboxylic acid groups (broad SMARTS) is 1. The average molecular weight is 626 g/mol. The number of hydrogen-bond acceptors (Lipinski definition) is 9. The van der Waals surface area contributed by atoms with Crippen LogP contribution in [0.1, 0.15) is 23.3 Å². The summed E-state index contributed by atoms with van der Waals surface area (Å²) in [6.07, 6.45) is 2.70. The van der Waals surface area contributed by atoms with Crippen molar-refractivity contribution in [2.75, 3.05) is 11.3 Å². The molecule has 0 aliphatic rings. The fourth-order valence-corrected chi connectivity index (χ4v) is 5.56. The maximum Gasteiger partial charge on any atom is 0.303 e. The minimum Gasteiger partial charge on any atom is -0.481 e. The second kappa shape index (κ2) is 12.6. The molecule has 16 heteroatoms. The molecule has 0 aliphatic heterocycles. The molecule has 1 amide bonds. The number of nitrogens with zero attached hydrogens (tertiary/aromatic N) is 3. The first-order valence-corrected chi connectivity index (χ1v) is 14.3. The molecule has 0 fully saturated rings. The van der Waals surface area contributed by atoms with Crippen LogP contribution in [0.3, 0.4) is 0 Å². The Bertz CT molecular complexity index is 1670. The van der Waals surface area contributed by atoms with E-state index < -0.39 is 32.6 Å². The molecule has 0 unspecified atom stereocenters. The van der Waals surface area contributed by atoms with E-state index >= 15 is 0 Å². The van der Waals surface area contributed by atoms with Gasteiger partial charge in [-0.2, -0.15) is 4.37 Å². The van der Waals surface area contributed by atoms with Gasteiger partial charge in [0, 0.05) is 47.3 Å². The maximum atomic E-state index is 15.0. The first kappa shape index (κ1) is 29.1. The van der Waals surface area contributed by atoms with Crippen molar-refractivity contribution < 1.29 is 32.2 Å². The maximum absolute atomic E-state index is 15.0. The predicted octanol–water partition coefficient (Wildman–Crippen LogP) is 5.23. The zero-order valence-electron chi connectivity index (χ0n) is 20.1. The number of benzene rings is 2. The van der Waals surface area contributed by atoms with Crippen LogP contribution in [0.4, 0.5) is 9.52 Å². The number of carbonyl (C=O) groups is 2. The van der Waals surface area contributed by atoms with Crippen LogP contribution in [-0.4, -0.2) is 46.3 Å². The summed E-state index contributed by atoms with van der Waals surface area (Å²) in [5.74, 6) is -2.61. The summed E-state index contributed by atoms with van der Waals surface area (Å²) in [6, 6.07) is 9.38. The number of carbonyl (C=O) groups excluding carboxylic acids is 1. The van der Waals surface area contributed by atoms with Crippen LogP contribution in [0.5, 0.6) is 11.5 Å². The molecular formula is C24H18Cl2FN5O6S2. The van der Waals surface area contributed by atoms with E-state index in [1.165, 1.54) is 24.4 Å². The van der Waals surface area contributed by atoms with Crippen molar-refractivity contribution in [2.24, 2.45) is 0 Å². The lowest BCUT2D eigenvalue weighted by Gasteiger charge is -2.15. The summed E-state index contributed by atoms with van der Waals surface area (Å²) in [5, 5.41) is 11.4. The molecule has 0 bridgehead atoms. The summed E-state index contributed by atoms with van der Waals surface area (Å²) in [5.41, 5.74) is 0.932. The van der Waals surface area contributed by atoms with Crippen molar-refractivity contribution in [3.63, 3.8) is 0 Å². The summed E-state index contributed by atoms with van der Waals surface area (Å²) in [6.45, 7) is 0.147. The highest BCUT2D eigenvalue weighted by Gasteiger charge is 2.24. The second-order valence-corrected chi connectivity index (χ2v) is 11.3. The SMILES string of the molecule is O=C(O)CCCNC(=O)c1cc(-c2cc(Cl)ccc2Oc2cc(F)c(S(=O)(=O)Nc3ncns3)cc2Cl)ccn1. The summed E-state index contributed by atoms with van der Waals surface area (Å²) in [4.78, 5) is 30.2. The Morgan fingerprint density at radius 1 is 1.07 bits per heavy atom. The molecular weight excluding hydrogens is 608 g/mol. The van der Waals surface area contributed by atoms with E-state index in [-0.39, 0.29) is 46.7 Å². The second-order valence-electron chi connectivity index (χ2n) is 7.99. The third-order valence-electron chi connectivity index (χ3n) is 5.18. The van der Waals surface area contributed by atoms with Crippen LogP contribution in [0, 0.1) is 5.82 Å². The minimum atomic E-state index is -4.36. The molecule has 40 heavy (non-hydrogen) atoms. The van der Waals surface area contributed by atoms with Gasteiger partial charge in [0.05, 0.1) is 5.02 Å². The lowest BCUT2D eigenvalue weighted by atomic mass is 10.0. The van der Waals surface area contributed by atoms with Gasteiger partial charge in [-0.25, -0.2) is 17.8 Å². The number of sulfonamides is 1. The highest BCUT2D eigenvalue weighted by atomic mass is 35.5. The number of hydrogen-bond donors (Lipinski definition) is 3. The van der Waals surface area contributed by atoms with Gasteiger partial charge in [0.1, 0.15) is 34.2 Å². The predicted molar refractivity (Wildman–Crippen MR) is 146 cm³/mol. The standard InChI is InChI=1S/C24H18Cl2FN5O6S2/c25-14-3-4-19(15(9-14)13-5-7-28-18(8-13)23(35)29-6-1-2-22(33)34)38-20-11-17(27)21(10-16(20)26)40(36,37)32-24-30-12-31-39-24/h3-5,7-12H,1-2,6H2,(H,29,35)(H,33,34)(H,30,31,32). The van der Waals surface area contributed by atoms with E-state index in [0.29, 0.717) is 16.1 Å². The molecule has 208 valence electrons. The number of carboxylic acids is 1. The zero-order chi connectivity index (χ0) is 28.9. The van der Waals surface area contributed by atoms with Crippen LogP contribution in [0.2, 0.25) is 10.0 Å². The van der Waals surface area contributed by atoms with Crippen molar-refractivity contribution in [1.82, 2.24) is 19.7 Å².